The van der Waals surface area contributed by atoms with Crippen LogP contribution in [0.2, 0.25) is 0 Å². The lowest BCUT2D eigenvalue weighted by Crippen LogP contribution is -2.31. The third-order valence-corrected chi connectivity index (χ3v) is 7.59. The summed E-state index contributed by atoms with van der Waals surface area (Å²) in [7, 11) is 0. The zero-order valence-electron chi connectivity index (χ0n) is 24.3. The van der Waals surface area contributed by atoms with Crippen LogP contribution in [-0.4, -0.2) is 65.6 Å². The third kappa shape index (κ3) is 7.20. The number of aromatic nitrogens is 1. The van der Waals surface area contributed by atoms with Gasteiger partial charge in [0.15, 0.2) is 6.19 Å². The van der Waals surface area contributed by atoms with Gasteiger partial charge in [-0.1, -0.05) is 5.57 Å². The molecular formula is C32H32N8O5. The number of benzene rings is 2. The molecule has 0 saturated carbocycles. The normalized spacial score (nSPS) is 18.8. The van der Waals surface area contributed by atoms with E-state index in [1.54, 1.807) is 42.5 Å². The first-order chi connectivity index (χ1) is 21.9. The lowest BCUT2D eigenvalue weighted by molar-refractivity contribution is -0.112. The minimum absolute atomic E-state index is 0.0991. The van der Waals surface area contributed by atoms with Gasteiger partial charge >= 0.3 is 0 Å². The van der Waals surface area contributed by atoms with Crippen molar-refractivity contribution in [2.75, 3.05) is 42.3 Å². The fourth-order valence-corrected chi connectivity index (χ4v) is 5.22. The molecule has 13 heteroatoms. The second kappa shape index (κ2) is 13.5. The summed E-state index contributed by atoms with van der Waals surface area (Å²) >= 11 is 0. The Labute approximate surface area is 259 Å². The number of ether oxygens (including phenoxy) is 2. The molecule has 0 spiro atoms. The van der Waals surface area contributed by atoms with E-state index in [4.69, 9.17) is 9.47 Å². The average molecular weight is 609 g/mol. The van der Waals surface area contributed by atoms with E-state index in [0.717, 1.165) is 37.9 Å². The number of amides is 2. The highest BCUT2D eigenvalue weighted by atomic mass is 16.5. The molecular weight excluding hydrogens is 576 g/mol. The average Bonchev–Trinajstić information content (AvgIpc) is 3.57. The monoisotopic (exact) mass is 608 g/mol. The summed E-state index contributed by atoms with van der Waals surface area (Å²) in [6, 6.07) is 12.9. The van der Waals surface area contributed by atoms with Gasteiger partial charge in [-0.05, 0) is 68.4 Å². The van der Waals surface area contributed by atoms with Crippen molar-refractivity contribution in [1.29, 1.82) is 5.26 Å². The molecule has 6 rings (SSSR count). The molecule has 45 heavy (non-hydrogen) atoms. The Morgan fingerprint density at radius 2 is 1.96 bits per heavy atom. The largest absolute Gasteiger partial charge is 0.508 e. The summed E-state index contributed by atoms with van der Waals surface area (Å²) in [5.74, 6) is 0.343. The van der Waals surface area contributed by atoms with E-state index in [2.05, 4.69) is 37.4 Å². The zero-order valence-corrected chi connectivity index (χ0v) is 24.3. The fourth-order valence-electron chi connectivity index (χ4n) is 5.22. The summed E-state index contributed by atoms with van der Waals surface area (Å²) in [5.41, 5.74) is 3.56. The van der Waals surface area contributed by atoms with Crippen LogP contribution in [0.15, 0.2) is 71.4 Å². The number of phenols is 1. The standard InChI is InChI=1S/C32H32N8O5/c33-18-40-19-36-26-15-28(45-24-9-12-44-17-24)27(38-30(42)13-20-7-10-34-11-8-20)14-25(26)31(40)39-29-6-1-21(16-35-29)32(43)37-22-2-4-23(41)5-3-22/h1-6,13-16,19,24,31,34,41H,7-12,17H2,(H,35,39)(H,37,43)(H,38,42). The van der Waals surface area contributed by atoms with Gasteiger partial charge in [-0.3, -0.25) is 9.59 Å². The van der Waals surface area contributed by atoms with Gasteiger partial charge in [0.25, 0.3) is 5.91 Å². The molecule has 2 amide bonds. The predicted octanol–water partition coefficient (Wildman–Crippen LogP) is 4.02. The Hall–Kier alpha value is -5.45. The van der Waals surface area contributed by atoms with Crippen LogP contribution < -0.4 is 26.0 Å². The topological polar surface area (TPSA) is 173 Å². The summed E-state index contributed by atoms with van der Waals surface area (Å²) < 4.78 is 11.7. The molecule has 3 aromatic rings. The number of anilines is 3. The van der Waals surface area contributed by atoms with Crippen LogP contribution in [0, 0.1) is 11.5 Å². The molecule has 0 bridgehead atoms. The molecule has 4 heterocycles. The molecule has 2 atom stereocenters. The lowest BCUT2D eigenvalue weighted by Gasteiger charge is -2.30. The zero-order chi connectivity index (χ0) is 31.2. The highest BCUT2D eigenvalue weighted by Crippen LogP contribution is 2.41. The van der Waals surface area contributed by atoms with Crippen molar-refractivity contribution in [2.24, 2.45) is 4.99 Å². The molecule has 3 aliphatic heterocycles. The van der Waals surface area contributed by atoms with Crippen molar-refractivity contribution >= 4 is 41.0 Å². The van der Waals surface area contributed by atoms with Gasteiger partial charge in [-0.2, -0.15) is 5.26 Å². The fraction of sp³-hybridized carbons (Fsp3) is 0.281. The van der Waals surface area contributed by atoms with Crippen molar-refractivity contribution in [1.82, 2.24) is 15.2 Å². The molecule has 2 unspecified atom stereocenters. The Bertz CT molecular complexity index is 1650. The molecule has 3 aliphatic rings. The number of nitriles is 1. The first-order valence-corrected chi connectivity index (χ1v) is 14.6. The Balaban J connectivity index is 1.25. The summed E-state index contributed by atoms with van der Waals surface area (Å²) in [6.45, 7) is 2.72. The van der Waals surface area contributed by atoms with E-state index in [9.17, 15) is 20.0 Å². The van der Waals surface area contributed by atoms with Gasteiger partial charge in [0, 0.05) is 36.0 Å². The molecule has 0 radical (unpaired) electrons. The Morgan fingerprint density at radius 1 is 1.13 bits per heavy atom. The number of piperidine rings is 1. The van der Waals surface area contributed by atoms with E-state index in [0.29, 0.717) is 53.0 Å². The number of phenolic OH excluding ortho intramolecular Hbond substituents is 1. The summed E-state index contributed by atoms with van der Waals surface area (Å²) in [6.07, 6.45) is 8.08. The number of fused-ring (bicyclic) bond motifs is 1. The van der Waals surface area contributed by atoms with Crippen LogP contribution in [0.1, 0.15) is 41.3 Å². The maximum absolute atomic E-state index is 13.1. The highest BCUT2D eigenvalue weighted by Gasteiger charge is 2.29. The van der Waals surface area contributed by atoms with E-state index in [1.165, 1.54) is 29.6 Å². The minimum atomic E-state index is -0.714. The molecule has 0 aliphatic carbocycles. The predicted molar refractivity (Wildman–Crippen MR) is 167 cm³/mol. The van der Waals surface area contributed by atoms with Gasteiger partial charge in [0.1, 0.15) is 35.9 Å². The summed E-state index contributed by atoms with van der Waals surface area (Å²) in [4.78, 5) is 36.0. The lowest BCUT2D eigenvalue weighted by atomic mass is 10.0. The SMILES string of the molecule is N#CN1C=Nc2cc(OC3CCOC3)c(NC(=O)C=C3CCNCC3)cc2C1Nc1ccc(C(=O)Nc2ccc(O)cc2)cn1. The third-order valence-electron chi connectivity index (χ3n) is 7.59. The van der Waals surface area contributed by atoms with Gasteiger partial charge in [-0.15, -0.1) is 0 Å². The second-order valence-corrected chi connectivity index (χ2v) is 10.8. The van der Waals surface area contributed by atoms with Crippen molar-refractivity contribution in [3.8, 4) is 17.7 Å². The van der Waals surface area contributed by atoms with Gasteiger partial charge in [0.2, 0.25) is 5.91 Å². The molecule has 2 saturated heterocycles. The molecule has 1 aromatic heterocycles. The first-order valence-electron chi connectivity index (χ1n) is 14.6. The number of hydrogen-bond donors (Lipinski definition) is 5. The second-order valence-electron chi connectivity index (χ2n) is 10.8. The van der Waals surface area contributed by atoms with E-state index in [-0.39, 0.29) is 23.7 Å². The molecule has 13 nitrogen and oxygen atoms in total. The van der Waals surface area contributed by atoms with Gasteiger partial charge in [-0.25, -0.2) is 14.9 Å². The van der Waals surface area contributed by atoms with Crippen molar-refractivity contribution < 1.29 is 24.2 Å². The summed E-state index contributed by atoms with van der Waals surface area (Å²) in [5, 5.41) is 31.7. The van der Waals surface area contributed by atoms with Crippen LogP contribution in [0.25, 0.3) is 0 Å². The highest BCUT2D eigenvalue weighted by molar-refractivity contribution is 6.04. The minimum Gasteiger partial charge on any atom is -0.508 e. The van der Waals surface area contributed by atoms with Gasteiger partial charge < -0.3 is 35.8 Å². The van der Waals surface area contributed by atoms with Crippen LogP contribution in [-0.2, 0) is 9.53 Å². The number of carbonyl (C=O) groups excluding carboxylic acids is 2. The molecule has 2 fully saturated rings. The van der Waals surface area contributed by atoms with Crippen molar-refractivity contribution in [2.45, 2.75) is 31.5 Å². The van der Waals surface area contributed by atoms with Crippen molar-refractivity contribution in [3.63, 3.8) is 0 Å². The number of rotatable bonds is 8. The molecule has 5 N–H and O–H groups in total. The van der Waals surface area contributed by atoms with Crippen LogP contribution in [0.4, 0.5) is 22.9 Å². The first kappa shape index (κ1) is 29.6. The maximum atomic E-state index is 13.1. The number of carbonyl (C=O) groups is 2. The van der Waals surface area contributed by atoms with Crippen LogP contribution in [0.3, 0.4) is 0 Å². The number of nitrogens with zero attached hydrogens (tertiary/aromatic N) is 4. The molecule has 230 valence electrons. The van der Waals surface area contributed by atoms with Crippen LogP contribution >= 0.6 is 0 Å². The number of aromatic hydroxyl groups is 1. The maximum Gasteiger partial charge on any atom is 0.257 e. The van der Waals surface area contributed by atoms with Crippen molar-refractivity contribution in [3.05, 3.63) is 77.5 Å². The van der Waals surface area contributed by atoms with E-state index in [1.807, 2.05) is 0 Å². The van der Waals surface area contributed by atoms with E-state index < -0.39 is 6.17 Å². The number of nitrogens with one attached hydrogen (secondary N) is 4. The number of aliphatic imine (C=N–C) groups is 1. The number of hydrogen-bond acceptors (Lipinski definition) is 11. The van der Waals surface area contributed by atoms with Crippen LogP contribution in [0.5, 0.6) is 11.5 Å². The van der Waals surface area contributed by atoms with E-state index >= 15 is 0 Å². The Morgan fingerprint density at radius 3 is 2.67 bits per heavy atom. The van der Waals surface area contributed by atoms with Gasteiger partial charge in [0.05, 0.1) is 30.2 Å². The molecule has 2 aromatic carbocycles. The smallest absolute Gasteiger partial charge is 0.257 e. The number of pyridine rings is 1. The quantitative estimate of drug-likeness (QED) is 0.143. The Kier molecular flexibility index (Phi) is 8.86.